The van der Waals surface area contributed by atoms with Crippen molar-refractivity contribution in [2.45, 2.75) is 32.9 Å². The molecule has 7 heteroatoms. The number of pyridine rings is 1. The second-order valence-electron chi connectivity index (χ2n) is 6.59. The number of carbonyl (C=O) groups excluding carboxylic acids is 1. The standard InChI is InChI=1S/C20H22FN3O3/c1-12-10-22-17(13(2)19(12)26-4)11-24(3)20(25)18-9-16(23-27-18)14-6-5-7-15(21)8-14/h5-8,10,18H,9,11H2,1-4H3/t18-/m0/s1. The molecule has 0 saturated heterocycles. The van der Waals surface area contributed by atoms with Crippen LogP contribution in [0.1, 0.15) is 28.8 Å². The molecule has 1 amide bonds. The van der Waals surface area contributed by atoms with Crippen LogP contribution in [0.4, 0.5) is 4.39 Å². The molecule has 0 aliphatic carbocycles. The third-order valence-corrected chi connectivity index (χ3v) is 4.62. The van der Waals surface area contributed by atoms with E-state index in [0.717, 1.165) is 22.6 Å². The molecular formula is C20H22FN3O3. The number of aryl methyl sites for hydroxylation is 1. The number of carbonyl (C=O) groups is 1. The van der Waals surface area contributed by atoms with Crippen molar-refractivity contribution in [3.63, 3.8) is 0 Å². The van der Waals surface area contributed by atoms with E-state index in [0.29, 0.717) is 24.2 Å². The van der Waals surface area contributed by atoms with Crippen LogP contribution < -0.4 is 4.74 Å². The summed E-state index contributed by atoms with van der Waals surface area (Å²) in [4.78, 5) is 24.0. The number of amides is 1. The SMILES string of the molecule is COc1c(C)cnc(CN(C)C(=O)[C@@H]2CC(c3cccc(F)c3)=NO2)c1C. The molecule has 0 N–H and O–H groups in total. The van der Waals surface area contributed by atoms with E-state index >= 15 is 0 Å². The van der Waals surface area contributed by atoms with Crippen molar-refractivity contribution in [2.24, 2.45) is 5.16 Å². The van der Waals surface area contributed by atoms with Crippen LogP contribution in [-0.2, 0) is 16.2 Å². The van der Waals surface area contributed by atoms with Crippen molar-refractivity contribution in [3.8, 4) is 5.75 Å². The number of methoxy groups -OCH3 is 1. The molecule has 3 rings (SSSR count). The Bertz CT molecular complexity index is 898. The van der Waals surface area contributed by atoms with Gasteiger partial charge in [-0.3, -0.25) is 9.78 Å². The molecule has 2 heterocycles. The lowest BCUT2D eigenvalue weighted by molar-refractivity contribution is -0.141. The number of aromatic nitrogens is 1. The monoisotopic (exact) mass is 371 g/mol. The van der Waals surface area contributed by atoms with Crippen LogP contribution in [0, 0.1) is 19.7 Å². The number of hydrogen-bond acceptors (Lipinski definition) is 5. The Morgan fingerprint density at radius 1 is 1.41 bits per heavy atom. The highest BCUT2D eigenvalue weighted by Gasteiger charge is 2.31. The minimum Gasteiger partial charge on any atom is -0.496 e. The van der Waals surface area contributed by atoms with Crippen molar-refractivity contribution in [1.29, 1.82) is 0 Å². The Morgan fingerprint density at radius 2 is 2.19 bits per heavy atom. The highest BCUT2D eigenvalue weighted by molar-refractivity contribution is 6.04. The van der Waals surface area contributed by atoms with Crippen molar-refractivity contribution >= 4 is 11.6 Å². The molecule has 1 aromatic heterocycles. The average molecular weight is 371 g/mol. The molecule has 1 aromatic carbocycles. The second kappa shape index (κ2) is 7.73. The van der Waals surface area contributed by atoms with Gasteiger partial charge in [-0.05, 0) is 26.0 Å². The van der Waals surface area contributed by atoms with Gasteiger partial charge in [-0.2, -0.15) is 0 Å². The molecular weight excluding hydrogens is 349 g/mol. The molecule has 0 fully saturated rings. The second-order valence-corrected chi connectivity index (χ2v) is 6.59. The summed E-state index contributed by atoms with van der Waals surface area (Å²) in [5.74, 6) is 0.220. The van der Waals surface area contributed by atoms with Gasteiger partial charge in [0.15, 0.2) is 0 Å². The van der Waals surface area contributed by atoms with Gasteiger partial charge in [-0.15, -0.1) is 0 Å². The number of halogens is 1. The van der Waals surface area contributed by atoms with Gasteiger partial charge in [0, 0.05) is 36.4 Å². The van der Waals surface area contributed by atoms with Crippen LogP contribution in [0.3, 0.4) is 0 Å². The van der Waals surface area contributed by atoms with E-state index in [4.69, 9.17) is 9.57 Å². The molecule has 1 aliphatic rings. The van der Waals surface area contributed by atoms with Crippen molar-refractivity contribution in [1.82, 2.24) is 9.88 Å². The summed E-state index contributed by atoms with van der Waals surface area (Å²) in [5.41, 5.74) is 3.79. The fourth-order valence-corrected chi connectivity index (χ4v) is 3.13. The lowest BCUT2D eigenvalue weighted by Gasteiger charge is -2.21. The first-order chi connectivity index (χ1) is 12.9. The van der Waals surface area contributed by atoms with Gasteiger partial charge < -0.3 is 14.5 Å². The summed E-state index contributed by atoms with van der Waals surface area (Å²) in [6, 6.07) is 6.09. The Balaban J connectivity index is 1.67. The zero-order valence-electron chi connectivity index (χ0n) is 15.8. The Morgan fingerprint density at radius 3 is 2.89 bits per heavy atom. The van der Waals surface area contributed by atoms with Gasteiger partial charge in [0.25, 0.3) is 5.91 Å². The van der Waals surface area contributed by atoms with Gasteiger partial charge in [0.05, 0.1) is 25.1 Å². The highest BCUT2D eigenvalue weighted by atomic mass is 19.1. The Hall–Kier alpha value is -2.96. The fourth-order valence-electron chi connectivity index (χ4n) is 3.13. The van der Waals surface area contributed by atoms with Crippen molar-refractivity contribution < 1.29 is 18.8 Å². The van der Waals surface area contributed by atoms with Crippen molar-refractivity contribution in [3.05, 3.63) is 58.7 Å². The normalized spacial score (nSPS) is 15.9. The van der Waals surface area contributed by atoms with Gasteiger partial charge in [-0.1, -0.05) is 17.3 Å². The first-order valence-corrected chi connectivity index (χ1v) is 8.63. The number of oxime groups is 1. The number of benzene rings is 1. The largest absolute Gasteiger partial charge is 0.496 e. The first kappa shape index (κ1) is 18.8. The van der Waals surface area contributed by atoms with E-state index in [9.17, 15) is 9.18 Å². The van der Waals surface area contributed by atoms with Crippen LogP contribution >= 0.6 is 0 Å². The minimum atomic E-state index is -0.721. The molecule has 6 nitrogen and oxygen atoms in total. The van der Waals surface area contributed by atoms with E-state index < -0.39 is 6.10 Å². The molecule has 0 spiro atoms. The maximum absolute atomic E-state index is 13.4. The van der Waals surface area contributed by atoms with E-state index in [-0.39, 0.29) is 11.7 Å². The highest BCUT2D eigenvalue weighted by Crippen LogP contribution is 2.25. The fraction of sp³-hybridized carbons (Fsp3) is 0.350. The number of hydrogen-bond donors (Lipinski definition) is 0. The summed E-state index contributed by atoms with van der Waals surface area (Å²) >= 11 is 0. The molecule has 1 atom stereocenters. The van der Waals surface area contributed by atoms with Crippen LogP contribution in [0.15, 0.2) is 35.6 Å². The van der Waals surface area contributed by atoms with E-state index in [1.54, 1.807) is 37.4 Å². The predicted octanol–water partition coefficient (Wildman–Crippen LogP) is 3.00. The summed E-state index contributed by atoms with van der Waals surface area (Å²) in [7, 11) is 3.31. The number of rotatable bonds is 5. The summed E-state index contributed by atoms with van der Waals surface area (Å²) < 4.78 is 18.8. The van der Waals surface area contributed by atoms with E-state index in [2.05, 4.69) is 10.1 Å². The number of nitrogens with zero attached hydrogens (tertiary/aromatic N) is 3. The molecule has 0 radical (unpaired) electrons. The van der Waals surface area contributed by atoms with Crippen molar-refractivity contribution in [2.75, 3.05) is 14.2 Å². The number of likely N-dealkylation sites (N-methyl/N-ethyl adjacent to an activating group) is 1. The summed E-state index contributed by atoms with van der Waals surface area (Å²) in [5, 5.41) is 3.96. The summed E-state index contributed by atoms with van der Waals surface area (Å²) in [6.45, 7) is 4.18. The molecule has 142 valence electrons. The topological polar surface area (TPSA) is 64.0 Å². The Kier molecular flexibility index (Phi) is 5.39. The van der Waals surface area contributed by atoms with Gasteiger partial charge in [0.1, 0.15) is 11.6 Å². The van der Waals surface area contributed by atoms with Crippen LogP contribution in [0.25, 0.3) is 0 Å². The molecule has 0 unspecified atom stereocenters. The summed E-state index contributed by atoms with van der Waals surface area (Å²) in [6.07, 6.45) is 1.31. The lowest BCUT2D eigenvalue weighted by Crippen LogP contribution is -2.36. The third kappa shape index (κ3) is 3.92. The van der Waals surface area contributed by atoms with Crippen LogP contribution in [0.2, 0.25) is 0 Å². The maximum Gasteiger partial charge on any atom is 0.267 e. The van der Waals surface area contributed by atoms with E-state index in [1.807, 2.05) is 13.8 Å². The zero-order valence-corrected chi connectivity index (χ0v) is 15.8. The van der Waals surface area contributed by atoms with E-state index in [1.165, 1.54) is 12.1 Å². The minimum absolute atomic E-state index is 0.203. The van der Waals surface area contributed by atoms with Crippen LogP contribution in [0.5, 0.6) is 5.75 Å². The van der Waals surface area contributed by atoms with Crippen LogP contribution in [-0.4, -0.2) is 41.8 Å². The van der Waals surface area contributed by atoms with Gasteiger partial charge >= 0.3 is 0 Å². The zero-order chi connectivity index (χ0) is 19.6. The number of ether oxygens (including phenoxy) is 1. The Labute approximate surface area is 157 Å². The average Bonchev–Trinajstić information content (AvgIpc) is 3.14. The predicted molar refractivity (Wildman–Crippen MR) is 99.2 cm³/mol. The molecule has 27 heavy (non-hydrogen) atoms. The smallest absolute Gasteiger partial charge is 0.267 e. The lowest BCUT2D eigenvalue weighted by atomic mass is 10.0. The third-order valence-electron chi connectivity index (χ3n) is 4.62. The van der Waals surface area contributed by atoms with Gasteiger partial charge in [0.2, 0.25) is 6.10 Å². The van der Waals surface area contributed by atoms with Gasteiger partial charge in [-0.25, -0.2) is 4.39 Å². The quantitative estimate of drug-likeness (QED) is 0.811. The molecule has 0 saturated carbocycles. The maximum atomic E-state index is 13.4. The molecule has 1 aliphatic heterocycles. The first-order valence-electron chi connectivity index (χ1n) is 8.63. The molecule has 2 aromatic rings. The molecule has 0 bridgehead atoms.